The van der Waals surface area contributed by atoms with Crippen LogP contribution in [0.25, 0.3) is 0 Å². The van der Waals surface area contributed by atoms with Gasteiger partial charge in [0.25, 0.3) is 5.91 Å². The molecule has 8 nitrogen and oxygen atoms in total. The molecule has 24 heavy (non-hydrogen) atoms. The van der Waals surface area contributed by atoms with Gasteiger partial charge < -0.3 is 19.4 Å². The number of aliphatic hydroxyl groups is 1. The van der Waals surface area contributed by atoms with Gasteiger partial charge in [-0.2, -0.15) is 0 Å². The van der Waals surface area contributed by atoms with Crippen molar-refractivity contribution < 1.29 is 14.4 Å². The maximum absolute atomic E-state index is 12.4. The fourth-order valence-corrected chi connectivity index (χ4v) is 3.07. The lowest BCUT2D eigenvalue weighted by molar-refractivity contribution is -0.000389. The Kier molecular flexibility index (Phi) is 4.48. The molecule has 2 aromatic rings. The maximum atomic E-state index is 12.4. The van der Waals surface area contributed by atoms with Crippen LogP contribution in [-0.4, -0.2) is 63.3 Å². The molecule has 1 aliphatic rings. The molecule has 0 saturated carbocycles. The number of hydrogen-bond donors (Lipinski definition) is 1. The van der Waals surface area contributed by atoms with E-state index in [0.717, 1.165) is 18.8 Å². The molecule has 1 atom stereocenters. The van der Waals surface area contributed by atoms with Crippen molar-refractivity contribution in [1.29, 1.82) is 0 Å². The van der Waals surface area contributed by atoms with Gasteiger partial charge in [0.15, 0.2) is 5.69 Å². The van der Waals surface area contributed by atoms with Crippen LogP contribution in [0.2, 0.25) is 0 Å². The van der Waals surface area contributed by atoms with Gasteiger partial charge in [-0.05, 0) is 19.8 Å². The van der Waals surface area contributed by atoms with E-state index in [-0.39, 0.29) is 18.1 Å². The lowest BCUT2D eigenvalue weighted by Gasteiger charge is -2.41. The molecule has 0 radical (unpaired) electrons. The molecule has 2 aromatic heterocycles. The van der Waals surface area contributed by atoms with Crippen molar-refractivity contribution in [3.05, 3.63) is 36.1 Å². The minimum absolute atomic E-state index is 0.217. The number of amides is 1. The fraction of sp³-hybridized carbons (Fsp3) is 0.500. The first-order valence-electron chi connectivity index (χ1n) is 7.89. The number of aromatic nitrogens is 3. The minimum Gasteiger partial charge on any atom is -0.386 e. The highest BCUT2D eigenvalue weighted by Gasteiger charge is 2.36. The highest BCUT2D eigenvalue weighted by Crippen LogP contribution is 2.25. The van der Waals surface area contributed by atoms with Gasteiger partial charge in [-0.1, -0.05) is 5.16 Å². The zero-order valence-corrected chi connectivity index (χ0v) is 13.8. The topological polar surface area (TPSA) is 95.6 Å². The second-order valence-electron chi connectivity index (χ2n) is 6.30. The summed E-state index contributed by atoms with van der Waals surface area (Å²) in [5.41, 5.74) is -0.751. The van der Waals surface area contributed by atoms with Crippen molar-refractivity contribution in [2.75, 3.05) is 31.6 Å². The van der Waals surface area contributed by atoms with Crippen LogP contribution in [0.3, 0.4) is 0 Å². The molecule has 0 aliphatic carbocycles. The SMILES string of the molecule is Cc1cc(C(=O)N(C)CC2(O)CCCN(c3cnccn3)C2)no1. The zero-order chi connectivity index (χ0) is 17.2. The zero-order valence-electron chi connectivity index (χ0n) is 13.8. The van der Waals surface area contributed by atoms with Crippen LogP contribution in [0, 0.1) is 6.92 Å². The van der Waals surface area contributed by atoms with Crippen LogP contribution in [0.15, 0.2) is 29.2 Å². The number of carbonyl (C=O) groups excluding carboxylic acids is 1. The first kappa shape index (κ1) is 16.4. The van der Waals surface area contributed by atoms with Crippen molar-refractivity contribution in [2.45, 2.75) is 25.4 Å². The Morgan fingerprint density at radius 1 is 1.50 bits per heavy atom. The van der Waals surface area contributed by atoms with E-state index in [9.17, 15) is 9.90 Å². The number of likely N-dealkylation sites (N-methyl/N-ethyl adjacent to an activating group) is 1. The van der Waals surface area contributed by atoms with Gasteiger partial charge >= 0.3 is 0 Å². The van der Waals surface area contributed by atoms with Gasteiger partial charge in [0, 0.05) is 38.6 Å². The monoisotopic (exact) mass is 331 g/mol. The Balaban J connectivity index is 1.67. The largest absolute Gasteiger partial charge is 0.386 e. The number of piperidine rings is 1. The Labute approximate surface area is 140 Å². The van der Waals surface area contributed by atoms with E-state index in [1.54, 1.807) is 38.6 Å². The summed E-state index contributed by atoms with van der Waals surface area (Å²) in [5, 5.41) is 14.7. The molecule has 3 rings (SSSR count). The third kappa shape index (κ3) is 3.53. The van der Waals surface area contributed by atoms with E-state index in [1.807, 2.05) is 4.90 Å². The molecule has 1 fully saturated rings. The third-order valence-electron chi connectivity index (χ3n) is 4.15. The molecule has 0 bridgehead atoms. The first-order chi connectivity index (χ1) is 11.5. The van der Waals surface area contributed by atoms with E-state index in [2.05, 4.69) is 15.1 Å². The fourth-order valence-electron chi connectivity index (χ4n) is 3.07. The first-order valence-corrected chi connectivity index (χ1v) is 7.89. The second-order valence-corrected chi connectivity index (χ2v) is 6.30. The van der Waals surface area contributed by atoms with Crippen LogP contribution >= 0.6 is 0 Å². The standard InChI is InChI=1S/C16H21N5O3/c1-12-8-13(19-24-12)15(22)20(2)10-16(23)4-3-7-21(11-16)14-9-17-5-6-18-14/h5-6,8-9,23H,3-4,7,10-11H2,1-2H3. The van der Waals surface area contributed by atoms with Crippen LogP contribution < -0.4 is 4.90 Å². The summed E-state index contributed by atoms with van der Waals surface area (Å²) in [4.78, 5) is 24.2. The lowest BCUT2D eigenvalue weighted by atomic mass is 9.92. The Bertz CT molecular complexity index is 705. The van der Waals surface area contributed by atoms with E-state index >= 15 is 0 Å². The van der Waals surface area contributed by atoms with Crippen LogP contribution in [0.5, 0.6) is 0 Å². The maximum Gasteiger partial charge on any atom is 0.275 e. The normalized spacial score (nSPS) is 20.9. The number of carbonyl (C=O) groups is 1. The number of rotatable bonds is 4. The molecule has 3 heterocycles. The number of hydrogen-bond acceptors (Lipinski definition) is 7. The van der Waals surface area contributed by atoms with Gasteiger partial charge in [0.2, 0.25) is 0 Å². The van der Waals surface area contributed by atoms with Gasteiger partial charge in [-0.25, -0.2) is 4.98 Å². The molecule has 8 heteroatoms. The summed E-state index contributed by atoms with van der Waals surface area (Å²) < 4.78 is 4.94. The number of β-amino-alcohol motifs (C(OH)–C–C–N with tert-alkyl or cyclic N) is 1. The summed E-state index contributed by atoms with van der Waals surface area (Å²) in [5.74, 6) is 1.05. The van der Waals surface area contributed by atoms with E-state index in [1.165, 1.54) is 4.90 Å². The Hall–Kier alpha value is -2.48. The van der Waals surface area contributed by atoms with Crippen molar-refractivity contribution in [2.24, 2.45) is 0 Å². The number of nitrogens with zero attached hydrogens (tertiary/aromatic N) is 5. The van der Waals surface area contributed by atoms with Gasteiger partial charge in [0.05, 0.1) is 18.3 Å². The summed E-state index contributed by atoms with van der Waals surface area (Å²) in [6.45, 7) is 3.16. The predicted octanol–water partition coefficient (Wildman–Crippen LogP) is 0.877. The molecule has 1 unspecified atom stereocenters. The molecule has 1 N–H and O–H groups in total. The van der Waals surface area contributed by atoms with E-state index in [4.69, 9.17) is 4.52 Å². The quantitative estimate of drug-likeness (QED) is 0.888. The predicted molar refractivity (Wildman–Crippen MR) is 86.6 cm³/mol. The molecule has 1 amide bonds. The van der Waals surface area contributed by atoms with Crippen molar-refractivity contribution in [3.8, 4) is 0 Å². The van der Waals surface area contributed by atoms with Crippen molar-refractivity contribution >= 4 is 11.7 Å². The van der Waals surface area contributed by atoms with E-state index < -0.39 is 5.60 Å². The lowest BCUT2D eigenvalue weighted by Crippen LogP contribution is -2.55. The smallest absolute Gasteiger partial charge is 0.275 e. The van der Waals surface area contributed by atoms with Crippen molar-refractivity contribution in [1.82, 2.24) is 20.0 Å². The van der Waals surface area contributed by atoms with Crippen LogP contribution in [0.4, 0.5) is 5.82 Å². The molecular formula is C16H21N5O3. The minimum atomic E-state index is -1.00. The molecule has 1 aliphatic heterocycles. The summed E-state index contributed by atoms with van der Waals surface area (Å²) in [6.07, 6.45) is 6.37. The summed E-state index contributed by atoms with van der Waals surface area (Å²) in [7, 11) is 1.66. The van der Waals surface area contributed by atoms with Gasteiger partial charge in [0.1, 0.15) is 11.6 Å². The van der Waals surface area contributed by atoms with Crippen LogP contribution in [-0.2, 0) is 0 Å². The van der Waals surface area contributed by atoms with Gasteiger partial charge in [-0.3, -0.25) is 9.78 Å². The summed E-state index contributed by atoms with van der Waals surface area (Å²) >= 11 is 0. The summed E-state index contributed by atoms with van der Waals surface area (Å²) in [6, 6.07) is 1.59. The van der Waals surface area contributed by atoms with Crippen molar-refractivity contribution in [3.63, 3.8) is 0 Å². The molecule has 128 valence electrons. The average molecular weight is 331 g/mol. The van der Waals surface area contributed by atoms with Gasteiger partial charge in [-0.15, -0.1) is 0 Å². The number of aryl methyl sites for hydroxylation is 1. The average Bonchev–Trinajstić information content (AvgIpc) is 3.01. The highest BCUT2D eigenvalue weighted by atomic mass is 16.5. The Morgan fingerprint density at radius 3 is 3.00 bits per heavy atom. The van der Waals surface area contributed by atoms with E-state index in [0.29, 0.717) is 18.7 Å². The highest BCUT2D eigenvalue weighted by molar-refractivity contribution is 5.92. The van der Waals surface area contributed by atoms with Crippen LogP contribution in [0.1, 0.15) is 29.1 Å². The molecule has 1 saturated heterocycles. The second kappa shape index (κ2) is 6.56. The molecule has 0 spiro atoms. The third-order valence-corrected chi connectivity index (χ3v) is 4.15. The number of anilines is 1. The molecular weight excluding hydrogens is 310 g/mol. The molecule has 0 aromatic carbocycles. The Morgan fingerprint density at radius 2 is 2.33 bits per heavy atom.